The number of hydrogen-bond donors (Lipinski definition) is 0. The predicted octanol–water partition coefficient (Wildman–Crippen LogP) is 4.68. The molecule has 0 unspecified atom stereocenters. The molecule has 2 aromatic rings. The van der Waals surface area contributed by atoms with Gasteiger partial charge in [-0.25, -0.2) is 0 Å². The van der Waals surface area contributed by atoms with Gasteiger partial charge in [-0.2, -0.15) is 0 Å². The first-order valence-corrected chi connectivity index (χ1v) is 9.12. The molecule has 3 rings (SSSR count). The normalized spacial score (nSPS) is 19.6. The van der Waals surface area contributed by atoms with Crippen LogP contribution in [0.4, 0.5) is 0 Å². The van der Waals surface area contributed by atoms with Crippen molar-refractivity contribution in [2.75, 3.05) is 21.1 Å². The summed E-state index contributed by atoms with van der Waals surface area (Å²) in [6.45, 7) is 0. The van der Waals surface area contributed by atoms with Gasteiger partial charge in [0.1, 0.15) is 0 Å². The molecule has 0 saturated carbocycles. The van der Waals surface area contributed by atoms with E-state index in [0.29, 0.717) is 15.6 Å². The number of rotatable bonds is 3. The molecular formula is C20H22Cl2N2O. The minimum Gasteiger partial charge on any atom is -0.333 e. The highest BCUT2D eigenvalue weighted by atomic mass is 35.5. The molecule has 0 heterocycles. The number of amides is 1. The molecule has 1 aliphatic rings. The van der Waals surface area contributed by atoms with Gasteiger partial charge in [0, 0.05) is 18.7 Å². The maximum Gasteiger partial charge on any atom is 0.254 e. The summed E-state index contributed by atoms with van der Waals surface area (Å²) in [5.74, 6) is -0.0490. The molecule has 0 N–H and O–H groups in total. The number of hydrogen-bond acceptors (Lipinski definition) is 2. The Morgan fingerprint density at radius 2 is 1.76 bits per heavy atom. The van der Waals surface area contributed by atoms with Crippen LogP contribution in [0.15, 0.2) is 42.5 Å². The Bertz CT molecular complexity index is 791. The molecule has 0 saturated heterocycles. The van der Waals surface area contributed by atoms with E-state index in [1.807, 2.05) is 18.0 Å². The Kier molecular flexibility index (Phi) is 5.38. The zero-order chi connectivity index (χ0) is 18.1. The van der Waals surface area contributed by atoms with Gasteiger partial charge in [0.15, 0.2) is 0 Å². The van der Waals surface area contributed by atoms with E-state index in [-0.39, 0.29) is 18.0 Å². The fourth-order valence-electron chi connectivity index (χ4n) is 3.69. The highest BCUT2D eigenvalue weighted by Gasteiger charge is 2.35. The summed E-state index contributed by atoms with van der Waals surface area (Å²) in [5.41, 5.74) is 3.10. The first-order valence-electron chi connectivity index (χ1n) is 8.36. The van der Waals surface area contributed by atoms with Crippen molar-refractivity contribution in [2.45, 2.75) is 24.9 Å². The Labute approximate surface area is 159 Å². The van der Waals surface area contributed by atoms with Gasteiger partial charge in [-0.3, -0.25) is 4.79 Å². The average molecular weight is 377 g/mol. The average Bonchev–Trinajstić information content (AvgIpc) is 2.61. The first kappa shape index (κ1) is 18.2. The summed E-state index contributed by atoms with van der Waals surface area (Å²) in [4.78, 5) is 17.1. The van der Waals surface area contributed by atoms with E-state index >= 15 is 0 Å². The Balaban J connectivity index is 1.98. The topological polar surface area (TPSA) is 23.6 Å². The highest BCUT2D eigenvalue weighted by Crippen LogP contribution is 2.36. The monoisotopic (exact) mass is 376 g/mol. The lowest BCUT2D eigenvalue weighted by Crippen LogP contribution is -2.46. The summed E-state index contributed by atoms with van der Waals surface area (Å²) in [7, 11) is 6.01. The fraction of sp³-hybridized carbons (Fsp3) is 0.350. The van der Waals surface area contributed by atoms with Crippen LogP contribution in [0.25, 0.3) is 0 Å². The summed E-state index contributed by atoms with van der Waals surface area (Å²) in [6.07, 6.45) is 2.05. The number of benzene rings is 2. The quantitative estimate of drug-likeness (QED) is 0.775. The van der Waals surface area contributed by atoms with E-state index in [0.717, 1.165) is 12.8 Å². The van der Waals surface area contributed by atoms with Crippen molar-refractivity contribution in [3.63, 3.8) is 0 Å². The molecule has 0 bridgehead atoms. The summed E-state index contributed by atoms with van der Waals surface area (Å²) < 4.78 is 0. The molecule has 1 amide bonds. The zero-order valence-corrected chi connectivity index (χ0v) is 16.2. The number of fused-ring (bicyclic) bond motifs is 1. The van der Waals surface area contributed by atoms with Crippen LogP contribution in [-0.2, 0) is 6.42 Å². The van der Waals surface area contributed by atoms with E-state index in [1.165, 1.54) is 11.1 Å². The molecule has 5 heteroatoms. The van der Waals surface area contributed by atoms with E-state index in [2.05, 4.69) is 37.2 Å². The van der Waals surface area contributed by atoms with Gasteiger partial charge < -0.3 is 9.80 Å². The summed E-state index contributed by atoms with van der Waals surface area (Å²) >= 11 is 12.1. The minimum absolute atomic E-state index is 0.00176. The fourth-order valence-corrected chi connectivity index (χ4v) is 3.98. The van der Waals surface area contributed by atoms with Crippen LogP contribution in [-0.4, -0.2) is 42.9 Å². The van der Waals surface area contributed by atoms with Crippen LogP contribution in [0, 0.1) is 0 Å². The van der Waals surface area contributed by atoms with Crippen molar-refractivity contribution >= 4 is 29.1 Å². The van der Waals surface area contributed by atoms with Crippen molar-refractivity contribution in [3.05, 3.63) is 69.2 Å². The second kappa shape index (κ2) is 7.36. The Morgan fingerprint density at radius 3 is 2.44 bits per heavy atom. The number of nitrogens with zero attached hydrogens (tertiary/aromatic N) is 2. The molecule has 25 heavy (non-hydrogen) atoms. The lowest BCUT2D eigenvalue weighted by atomic mass is 9.82. The number of likely N-dealkylation sites (N-methyl/N-ethyl adjacent to an activating group) is 2. The molecule has 0 aliphatic heterocycles. The number of carbonyl (C=O) groups excluding carboxylic acids is 1. The maximum atomic E-state index is 13.1. The third kappa shape index (κ3) is 3.55. The van der Waals surface area contributed by atoms with Crippen LogP contribution >= 0.6 is 23.2 Å². The molecule has 0 aromatic heterocycles. The number of halogens is 2. The first-order chi connectivity index (χ1) is 11.9. The smallest absolute Gasteiger partial charge is 0.254 e. The molecule has 0 spiro atoms. The van der Waals surface area contributed by atoms with Gasteiger partial charge in [0.05, 0.1) is 16.1 Å². The molecule has 2 aromatic carbocycles. The summed E-state index contributed by atoms with van der Waals surface area (Å²) in [6, 6.07) is 13.7. The second-order valence-corrected chi connectivity index (χ2v) is 7.57. The van der Waals surface area contributed by atoms with Crippen molar-refractivity contribution in [3.8, 4) is 0 Å². The second-order valence-electron chi connectivity index (χ2n) is 6.76. The van der Waals surface area contributed by atoms with Crippen molar-refractivity contribution in [1.29, 1.82) is 0 Å². The van der Waals surface area contributed by atoms with Crippen molar-refractivity contribution in [1.82, 2.24) is 9.80 Å². The largest absolute Gasteiger partial charge is 0.333 e. The molecule has 2 atom stereocenters. The van der Waals surface area contributed by atoms with E-state index in [1.54, 1.807) is 18.2 Å². The Morgan fingerprint density at radius 1 is 1.04 bits per heavy atom. The molecule has 0 radical (unpaired) electrons. The molecular weight excluding hydrogens is 355 g/mol. The minimum atomic E-state index is -0.0490. The third-order valence-electron chi connectivity index (χ3n) is 5.02. The van der Waals surface area contributed by atoms with Gasteiger partial charge in [-0.1, -0.05) is 47.5 Å². The SMILES string of the molecule is CN(C)[C@@H]1CCc2ccccc2[C@H]1N(C)C(=O)c1ccc(Cl)c(Cl)c1. The van der Waals surface area contributed by atoms with E-state index in [4.69, 9.17) is 23.2 Å². The molecule has 132 valence electrons. The molecule has 0 fully saturated rings. The van der Waals surface area contributed by atoms with E-state index in [9.17, 15) is 4.79 Å². The molecule has 3 nitrogen and oxygen atoms in total. The number of carbonyl (C=O) groups is 1. The van der Waals surface area contributed by atoms with Crippen LogP contribution in [0.5, 0.6) is 0 Å². The third-order valence-corrected chi connectivity index (χ3v) is 5.75. The van der Waals surface area contributed by atoms with Gasteiger partial charge in [-0.15, -0.1) is 0 Å². The lowest BCUT2D eigenvalue weighted by Gasteiger charge is -2.42. The maximum absolute atomic E-state index is 13.1. The van der Waals surface area contributed by atoms with Crippen molar-refractivity contribution in [2.24, 2.45) is 0 Å². The van der Waals surface area contributed by atoms with Crippen LogP contribution in [0.2, 0.25) is 10.0 Å². The zero-order valence-electron chi connectivity index (χ0n) is 14.7. The van der Waals surface area contributed by atoms with Gasteiger partial charge in [-0.05, 0) is 56.3 Å². The number of aryl methyl sites for hydroxylation is 1. The van der Waals surface area contributed by atoms with Crippen LogP contribution in [0.1, 0.15) is 33.9 Å². The van der Waals surface area contributed by atoms with Gasteiger partial charge in [0.25, 0.3) is 5.91 Å². The van der Waals surface area contributed by atoms with Gasteiger partial charge in [0.2, 0.25) is 0 Å². The predicted molar refractivity (Wildman–Crippen MR) is 104 cm³/mol. The highest BCUT2D eigenvalue weighted by molar-refractivity contribution is 6.42. The van der Waals surface area contributed by atoms with Crippen molar-refractivity contribution < 1.29 is 4.79 Å². The Hall–Kier alpha value is -1.55. The van der Waals surface area contributed by atoms with Crippen LogP contribution in [0.3, 0.4) is 0 Å². The lowest BCUT2D eigenvalue weighted by molar-refractivity contribution is 0.0598. The van der Waals surface area contributed by atoms with Crippen LogP contribution < -0.4 is 0 Å². The summed E-state index contributed by atoms with van der Waals surface area (Å²) in [5, 5.41) is 0.851. The molecule has 1 aliphatic carbocycles. The van der Waals surface area contributed by atoms with Gasteiger partial charge >= 0.3 is 0 Å². The van der Waals surface area contributed by atoms with E-state index < -0.39 is 0 Å². The standard InChI is InChI=1S/C20H22Cl2N2O/c1-23(2)18-11-9-13-6-4-5-7-15(13)19(18)24(3)20(25)14-8-10-16(21)17(22)12-14/h4-8,10,12,18-19H,9,11H2,1-3H3/t18-,19-/m1/s1.